The zero-order valence-electron chi connectivity index (χ0n) is 18.4. The quantitative estimate of drug-likeness (QED) is 0.640. The minimum atomic E-state index is -1.28. The molecule has 6 nitrogen and oxygen atoms in total. The number of piperidine rings is 1. The predicted octanol–water partition coefficient (Wildman–Crippen LogP) is 4.77. The van der Waals surface area contributed by atoms with Gasteiger partial charge in [-0.15, -0.1) is 0 Å². The van der Waals surface area contributed by atoms with Gasteiger partial charge in [0, 0.05) is 31.0 Å². The number of esters is 1. The van der Waals surface area contributed by atoms with Crippen molar-refractivity contribution < 1.29 is 33.0 Å². The second-order valence-electron chi connectivity index (χ2n) is 9.36. The molecule has 170 valence electrons. The molecule has 1 spiro atoms. The van der Waals surface area contributed by atoms with Gasteiger partial charge in [0.25, 0.3) is 0 Å². The van der Waals surface area contributed by atoms with Crippen LogP contribution in [-0.4, -0.2) is 40.8 Å². The first-order chi connectivity index (χ1) is 14.9. The number of aromatic hydroxyl groups is 1. The fourth-order valence-electron chi connectivity index (χ4n) is 4.61. The third-order valence-electron chi connectivity index (χ3n) is 6.01. The lowest BCUT2D eigenvalue weighted by Crippen LogP contribution is -2.51. The maximum Gasteiger partial charge on any atom is 0.410 e. The number of ether oxygens (including phenoxy) is 2. The molecule has 0 bridgehead atoms. The molecular formula is C24H25F2NO5. The molecule has 2 atom stereocenters. The van der Waals surface area contributed by atoms with Crippen LogP contribution in [0.2, 0.25) is 0 Å². The summed E-state index contributed by atoms with van der Waals surface area (Å²) in [6.45, 7) is 7.43. The van der Waals surface area contributed by atoms with E-state index in [-0.39, 0.29) is 36.4 Å². The summed E-state index contributed by atoms with van der Waals surface area (Å²) in [5.74, 6) is -3.44. The molecule has 2 heterocycles. The molecule has 0 unspecified atom stereocenters. The van der Waals surface area contributed by atoms with E-state index in [0.29, 0.717) is 5.56 Å². The molecule has 1 N–H and O–H groups in total. The van der Waals surface area contributed by atoms with Crippen LogP contribution in [0.4, 0.5) is 13.6 Å². The van der Waals surface area contributed by atoms with E-state index >= 15 is 0 Å². The van der Waals surface area contributed by atoms with Crippen molar-refractivity contribution in [3.05, 3.63) is 64.2 Å². The van der Waals surface area contributed by atoms with Gasteiger partial charge in [-0.05, 0) is 63.1 Å². The molecule has 8 heteroatoms. The zero-order valence-corrected chi connectivity index (χ0v) is 18.4. The molecular weight excluding hydrogens is 420 g/mol. The Kier molecular flexibility index (Phi) is 5.14. The van der Waals surface area contributed by atoms with Crippen molar-refractivity contribution in [2.24, 2.45) is 0 Å². The van der Waals surface area contributed by atoms with Gasteiger partial charge in [-0.3, -0.25) is 0 Å². The largest absolute Gasteiger partial charge is 0.508 e. The van der Waals surface area contributed by atoms with E-state index in [9.17, 15) is 23.5 Å². The van der Waals surface area contributed by atoms with Crippen LogP contribution >= 0.6 is 0 Å². The highest BCUT2D eigenvalue weighted by molar-refractivity contribution is 5.95. The first kappa shape index (κ1) is 22.0. The van der Waals surface area contributed by atoms with Crippen LogP contribution in [0.5, 0.6) is 5.75 Å². The lowest BCUT2D eigenvalue weighted by Gasteiger charge is -2.45. The maximum absolute atomic E-state index is 14.2. The molecule has 4 rings (SSSR count). The number of carbonyl (C=O) groups is 2. The van der Waals surface area contributed by atoms with Gasteiger partial charge in [-0.25, -0.2) is 18.4 Å². The third kappa shape index (κ3) is 3.67. The summed E-state index contributed by atoms with van der Waals surface area (Å²) in [6, 6.07) is 6.65. The van der Waals surface area contributed by atoms with E-state index in [1.54, 1.807) is 39.8 Å². The van der Waals surface area contributed by atoms with Gasteiger partial charge >= 0.3 is 12.1 Å². The fraction of sp³-hybridized carbons (Fsp3) is 0.417. The van der Waals surface area contributed by atoms with E-state index in [4.69, 9.17) is 9.47 Å². The second-order valence-corrected chi connectivity index (χ2v) is 9.36. The van der Waals surface area contributed by atoms with Crippen molar-refractivity contribution in [1.82, 2.24) is 4.90 Å². The molecule has 0 aliphatic carbocycles. The Morgan fingerprint density at radius 3 is 2.56 bits per heavy atom. The van der Waals surface area contributed by atoms with Crippen molar-refractivity contribution in [3.8, 4) is 5.75 Å². The number of aryl methyl sites for hydroxylation is 1. The number of hydrogen-bond donors (Lipinski definition) is 1. The van der Waals surface area contributed by atoms with Gasteiger partial charge in [0.1, 0.15) is 17.0 Å². The molecule has 2 aromatic carbocycles. The Labute approximate surface area is 184 Å². The molecule has 2 aliphatic heterocycles. The Balaban J connectivity index is 1.82. The number of fused-ring (bicyclic) bond motifs is 2. The molecule has 1 fully saturated rings. The molecule has 0 radical (unpaired) electrons. The standard InChI is InChI=1S/C24H25F2NO5/c1-13-9-14(28)5-6-15(13)18-12-27(22(30)32-23(2,3)4)8-7-24(18)17-11-20(26)19(25)10-16(17)21(29)31-24/h5-6,9-11,18,28H,7-8,12H2,1-4H3/t18-,24+/m1/s1. The minimum Gasteiger partial charge on any atom is -0.508 e. The number of phenolic OH excluding ortho intramolecular Hbond substituents is 1. The summed E-state index contributed by atoms with van der Waals surface area (Å²) in [4.78, 5) is 27.0. The van der Waals surface area contributed by atoms with Crippen molar-refractivity contribution in [2.75, 3.05) is 13.1 Å². The first-order valence-electron chi connectivity index (χ1n) is 10.4. The lowest BCUT2D eigenvalue weighted by molar-refractivity contribution is -0.0612. The van der Waals surface area contributed by atoms with Crippen LogP contribution in [0, 0.1) is 18.6 Å². The number of likely N-dealkylation sites (tertiary alicyclic amines) is 1. The molecule has 2 aliphatic rings. The molecule has 0 aromatic heterocycles. The molecule has 32 heavy (non-hydrogen) atoms. The molecule has 1 saturated heterocycles. The van der Waals surface area contributed by atoms with Crippen LogP contribution in [-0.2, 0) is 15.1 Å². The Hall–Kier alpha value is -3.16. The predicted molar refractivity (Wildman–Crippen MR) is 111 cm³/mol. The minimum absolute atomic E-state index is 0.0175. The number of hydrogen-bond acceptors (Lipinski definition) is 5. The van der Waals surface area contributed by atoms with E-state index in [2.05, 4.69) is 0 Å². The highest BCUT2D eigenvalue weighted by atomic mass is 19.2. The average molecular weight is 445 g/mol. The van der Waals surface area contributed by atoms with Crippen molar-refractivity contribution in [2.45, 2.75) is 51.2 Å². The highest BCUT2D eigenvalue weighted by Crippen LogP contribution is 2.52. The summed E-state index contributed by atoms with van der Waals surface area (Å²) in [6.07, 6.45) is -0.329. The highest BCUT2D eigenvalue weighted by Gasteiger charge is 2.55. The summed E-state index contributed by atoms with van der Waals surface area (Å²) in [5, 5.41) is 9.87. The van der Waals surface area contributed by atoms with Gasteiger partial charge in [0.2, 0.25) is 0 Å². The summed E-state index contributed by atoms with van der Waals surface area (Å²) in [7, 11) is 0. The van der Waals surface area contributed by atoms with Gasteiger partial charge < -0.3 is 19.5 Å². The average Bonchev–Trinajstić information content (AvgIpc) is 2.93. The molecule has 2 aromatic rings. The van der Waals surface area contributed by atoms with Crippen molar-refractivity contribution in [1.29, 1.82) is 0 Å². The summed E-state index contributed by atoms with van der Waals surface area (Å²) >= 11 is 0. The first-order valence-corrected chi connectivity index (χ1v) is 10.4. The number of halogens is 2. The Morgan fingerprint density at radius 2 is 1.91 bits per heavy atom. The normalized spacial score (nSPS) is 22.6. The third-order valence-corrected chi connectivity index (χ3v) is 6.01. The lowest BCUT2D eigenvalue weighted by atomic mass is 9.71. The van der Waals surface area contributed by atoms with Crippen LogP contribution < -0.4 is 0 Å². The smallest absolute Gasteiger partial charge is 0.410 e. The van der Waals surface area contributed by atoms with Crippen molar-refractivity contribution in [3.63, 3.8) is 0 Å². The number of carbonyl (C=O) groups excluding carboxylic acids is 2. The van der Waals surface area contributed by atoms with E-state index < -0.39 is 40.8 Å². The van der Waals surface area contributed by atoms with Crippen molar-refractivity contribution >= 4 is 12.1 Å². The Bertz CT molecular complexity index is 1110. The van der Waals surface area contributed by atoms with E-state index in [1.165, 1.54) is 11.0 Å². The van der Waals surface area contributed by atoms with E-state index in [0.717, 1.165) is 17.7 Å². The van der Waals surface area contributed by atoms with Crippen LogP contribution in [0.1, 0.15) is 60.2 Å². The topological polar surface area (TPSA) is 76.1 Å². The summed E-state index contributed by atoms with van der Waals surface area (Å²) < 4.78 is 39.5. The van der Waals surface area contributed by atoms with Gasteiger partial charge in [-0.2, -0.15) is 0 Å². The number of rotatable bonds is 1. The SMILES string of the molecule is Cc1cc(O)ccc1[C@H]1CN(C(=O)OC(C)(C)C)CC[C@@]12OC(=O)c1cc(F)c(F)cc12. The number of phenols is 1. The number of benzene rings is 2. The van der Waals surface area contributed by atoms with Gasteiger partial charge in [-0.1, -0.05) is 6.07 Å². The van der Waals surface area contributed by atoms with Crippen LogP contribution in [0.15, 0.2) is 30.3 Å². The Morgan fingerprint density at radius 1 is 1.22 bits per heavy atom. The van der Waals surface area contributed by atoms with Crippen LogP contribution in [0.3, 0.4) is 0 Å². The second kappa shape index (κ2) is 7.46. The maximum atomic E-state index is 14.2. The zero-order chi connectivity index (χ0) is 23.4. The van der Waals surface area contributed by atoms with Gasteiger partial charge in [0.15, 0.2) is 11.6 Å². The van der Waals surface area contributed by atoms with Crippen LogP contribution in [0.25, 0.3) is 0 Å². The van der Waals surface area contributed by atoms with Gasteiger partial charge in [0.05, 0.1) is 5.56 Å². The summed E-state index contributed by atoms with van der Waals surface area (Å²) in [5.41, 5.74) is -0.280. The fourth-order valence-corrected chi connectivity index (χ4v) is 4.61. The number of amides is 1. The molecule has 1 amide bonds. The molecule has 0 saturated carbocycles. The monoisotopic (exact) mass is 445 g/mol. The number of nitrogens with zero attached hydrogens (tertiary/aromatic N) is 1. The van der Waals surface area contributed by atoms with E-state index in [1.807, 2.05) is 0 Å².